The minimum atomic E-state index is -2.98. The van der Waals surface area contributed by atoms with E-state index >= 15 is 0 Å². The molecule has 0 saturated heterocycles. The number of hydrogen-bond donors (Lipinski definition) is 4. The average Bonchev–Trinajstić information content (AvgIpc) is 2.68. The van der Waals surface area contributed by atoms with Crippen molar-refractivity contribution in [1.29, 1.82) is 0 Å². The molecule has 0 heterocycles. The lowest BCUT2D eigenvalue weighted by atomic mass is 9.95. The van der Waals surface area contributed by atoms with Crippen molar-refractivity contribution in [1.82, 2.24) is 16.0 Å². The molecule has 0 radical (unpaired) electrons. The number of alkyl halides is 2. The second-order valence-electron chi connectivity index (χ2n) is 8.39. The maximum absolute atomic E-state index is 13.0. The second kappa shape index (κ2) is 14.1. The van der Waals surface area contributed by atoms with Crippen LogP contribution in [-0.4, -0.2) is 59.3 Å². The van der Waals surface area contributed by atoms with Crippen LogP contribution < -0.4 is 16.0 Å². The summed E-state index contributed by atoms with van der Waals surface area (Å²) in [6.45, 7) is 11.4. The van der Waals surface area contributed by atoms with Gasteiger partial charge in [-0.3, -0.25) is 14.4 Å². The quantitative estimate of drug-likeness (QED) is 0.284. The van der Waals surface area contributed by atoms with E-state index in [1.54, 1.807) is 0 Å². The molecule has 10 heteroatoms. The summed E-state index contributed by atoms with van der Waals surface area (Å²) in [4.78, 5) is 48.4. The fourth-order valence-corrected chi connectivity index (χ4v) is 2.95. The van der Waals surface area contributed by atoms with Crippen LogP contribution in [-0.2, 0) is 19.2 Å². The fraction of sp³-hybridized carbons (Fsp3) is 0.810. The summed E-state index contributed by atoms with van der Waals surface area (Å²) in [5.41, 5.74) is 0. The molecule has 0 rings (SSSR count). The van der Waals surface area contributed by atoms with E-state index in [-0.39, 0.29) is 24.3 Å². The van der Waals surface area contributed by atoms with Crippen molar-refractivity contribution in [3.8, 4) is 0 Å². The van der Waals surface area contributed by atoms with E-state index in [2.05, 4.69) is 16.0 Å². The molecule has 3 unspecified atom stereocenters. The number of hydrogen-bond acceptors (Lipinski definition) is 5. The zero-order valence-corrected chi connectivity index (χ0v) is 19.2. The van der Waals surface area contributed by atoms with Crippen molar-refractivity contribution < 1.29 is 33.1 Å². The van der Waals surface area contributed by atoms with E-state index in [0.717, 1.165) is 6.42 Å². The summed E-state index contributed by atoms with van der Waals surface area (Å²) in [5, 5.41) is 16.8. The Hall–Kier alpha value is -2.10. The number of amides is 2. The average molecular weight is 450 g/mol. The van der Waals surface area contributed by atoms with Gasteiger partial charge in [-0.25, -0.2) is 13.6 Å². The smallest absolute Gasteiger partial charge is 0.374 e. The number of carbonyl (C=O) groups is 4. The highest BCUT2D eigenvalue weighted by atomic mass is 19.3. The van der Waals surface area contributed by atoms with Gasteiger partial charge in [0.05, 0.1) is 6.04 Å². The van der Waals surface area contributed by atoms with Crippen molar-refractivity contribution >= 4 is 23.6 Å². The number of aliphatic carboxylic acids is 1. The van der Waals surface area contributed by atoms with Crippen molar-refractivity contribution in [2.24, 2.45) is 11.8 Å². The Morgan fingerprint density at radius 1 is 0.839 bits per heavy atom. The highest BCUT2D eigenvalue weighted by molar-refractivity contribution is 6.35. The van der Waals surface area contributed by atoms with E-state index in [1.165, 1.54) is 0 Å². The number of halogens is 2. The summed E-state index contributed by atoms with van der Waals surface area (Å²) in [6.07, 6.45) is -2.41. The number of nitrogens with one attached hydrogen (secondary N) is 3. The molecule has 31 heavy (non-hydrogen) atoms. The minimum Gasteiger partial charge on any atom is -0.475 e. The third-order valence-electron chi connectivity index (χ3n) is 5.17. The van der Waals surface area contributed by atoms with Crippen LogP contribution in [0.1, 0.15) is 67.2 Å². The summed E-state index contributed by atoms with van der Waals surface area (Å²) in [5.74, 6) is -4.79. The van der Waals surface area contributed by atoms with Crippen LogP contribution >= 0.6 is 0 Å². The minimum absolute atomic E-state index is 0.0306. The summed E-state index contributed by atoms with van der Waals surface area (Å²) >= 11 is 0. The molecule has 4 N–H and O–H groups in total. The van der Waals surface area contributed by atoms with Gasteiger partial charge >= 0.3 is 5.97 Å². The van der Waals surface area contributed by atoms with E-state index < -0.39 is 54.5 Å². The van der Waals surface area contributed by atoms with Gasteiger partial charge in [-0.1, -0.05) is 41.0 Å². The van der Waals surface area contributed by atoms with E-state index in [0.29, 0.717) is 6.42 Å². The van der Waals surface area contributed by atoms with Gasteiger partial charge in [-0.05, 0) is 31.6 Å². The molecule has 0 spiro atoms. The first-order chi connectivity index (χ1) is 14.3. The molecule has 0 aliphatic heterocycles. The molecule has 0 saturated carbocycles. The van der Waals surface area contributed by atoms with Crippen molar-refractivity contribution in [3.63, 3.8) is 0 Å². The van der Waals surface area contributed by atoms with Gasteiger partial charge in [0, 0.05) is 12.5 Å². The Labute approximate surface area is 182 Å². The third kappa shape index (κ3) is 10.7. The molecule has 0 aliphatic carbocycles. The molecule has 2 amide bonds. The van der Waals surface area contributed by atoms with E-state index in [4.69, 9.17) is 5.11 Å². The van der Waals surface area contributed by atoms with Gasteiger partial charge in [0.25, 0.3) is 5.78 Å². The van der Waals surface area contributed by atoms with Crippen LogP contribution in [0.2, 0.25) is 0 Å². The number of ketones is 1. The molecule has 0 aromatic heterocycles. The van der Waals surface area contributed by atoms with Crippen LogP contribution in [0.3, 0.4) is 0 Å². The largest absolute Gasteiger partial charge is 0.475 e. The molecule has 0 fully saturated rings. The predicted molar refractivity (Wildman–Crippen MR) is 113 cm³/mol. The Balaban J connectivity index is 5.57. The van der Waals surface area contributed by atoms with Crippen LogP contribution in [0.5, 0.6) is 0 Å². The zero-order chi connectivity index (χ0) is 24.3. The van der Waals surface area contributed by atoms with Crippen molar-refractivity contribution in [2.75, 3.05) is 0 Å². The first-order valence-corrected chi connectivity index (χ1v) is 10.8. The lowest BCUT2D eigenvalue weighted by Gasteiger charge is -2.29. The molecule has 8 nitrogen and oxygen atoms in total. The van der Waals surface area contributed by atoms with E-state index in [9.17, 15) is 28.0 Å². The molecule has 0 bridgehead atoms. The third-order valence-corrected chi connectivity index (χ3v) is 5.17. The summed E-state index contributed by atoms with van der Waals surface area (Å²) in [7, 11) is 0. The van der Waals surface area contributed by atoms with Gasteiger partial charge in [0.15, 0.2) is 0 Å². The highest BCUT2D eigenvalue weighted by Gasteiger charge is 2.34. The predicted octanol–water partition coefficient (Wildman–Crippen LogP) is 2.11. The zero-order valence-electron chi connectivity index (χ0n) is 19.2. The standard InChI is InChI=1S/C21H37F2N3O5/c1-7-12(5)17(24-13(6)8-2)20(29)26-15(9-11(3)4)19(28)25-14(10-16(22)23)18(27)21(30)31/h11-17,24H,7-10H2,1-6H3,(H,25,28)(H,26,29)(H,30,31)/t12?,13?,14?,15-,17-/m0/s1. The normalized spacial score (nSPS) is 16.3. The summed E-state index contributed by atoms with van der Waals surface area (Å²) in [6, 6.07) is -3.48. The molecular formula is C21H37F2N3O5. The van der Waals surface area contributed by atoms with Crippen molar-refractivity contribution in [3.05, 3.63) is 0 Å². The number of carboxylic acids is 1. The SMILES string of the molecule is CCC(C)N[C@H](C(=O)N[C@@H](CC(C)C)C(=O)NC(CC(F)F)C(=O)C(=O)O)C(C)CC. The van der Waals surface area contributed by atoms with Gasteiger partial charge in [-0.2, -0.15) is 0 Å². The lowest BCUT2D eigenvalue weighted by Crippen LogP contribution is -2.58. The molecule has 0 aliphatic rings. The van der Waals surface area contributed by atoms with Crippen LogP contribution in [0.4, 0.5) is 8.78 Å². The Morgan fingerprint density at radius 3 is 1.81 bits per heavy atom. The molecular weight excluding hydrogens is 412 g/mol. The maximum atomic E-state index is 13.0. The highest BCUT2D eigenvalue weighted by Crippen LogP contribution is 2.13. The molecule has 180 valence electrons. The first kappa shape index (κ1) is 28.9. The maximum Gasteiger partial charge on any atom is 0.374 e. The van der Waals surface area contributed by atoms with Crippen LogP contribution in [0, 0.1) is 11.8 Å². The van der Waals surface area contributed by atoms with Gasteiger partial charge in [0.1, 0.15) is 12.1 Å². The molecule has 0 aromatic carbocycles. The molecule has 0 aromatic rings. The Morgan fingerprint density at radius 2 is 1.39 bits per heavy atom. The monoisotopic (exact) mass is 449 g/mol. The fourth-order valence-electron chi connectivity index (χ4n) is 2.95. The Kier molecular flexibility index (Phi) is 13.1. The number of Topliss-reactive ketones (excluding diaryl/α,β-unsaturated/α-hetero) is 1. The van der Waals surface area contributed by atoms with Crippen LogP contribution in [0.25, 0.3) is 0 Å². The molecule has 5 atom stereocenters. The lowest BCUT2D eigenvalue weighted by molar-refractivity contribution is -0.151. The number of carboxylic acid groups (broad SMARTS) is 1. The van der Waals surface area contributed by atoms with Gasteiger partial charge in [0.2, 0.25) is 18.2 Å². The van der Waals surface area contributed by atoms with Gasteiger partial charge in [-0.15, -0.1) is 0 Å². The summed E-state index contributed by atoms with van der Waals surface area (Å²) < 4.78 is 25.6. The van der Waals surface area contributed by atoms with Gasteiger partial charge < -0.3 is 21.1 Å². The second-order valence-corrected chi connectivity index (χ2v) is 8.39. The van der Waals surface area contributed by atoms with Crippen LogP contribution in [0.15, 0.2) is 0 Å². The number of carbonyl (C=O) groups excluding carboxylic acids is 3. The van der Waals surface area contributed by atoms with Crippen molar-refractivity contribution in [2.45, 2.75) is 97.8 Å². The Bertz CT molecular complexity index is 616. The topological polar surface area (TPSA) is 125 Å². The van der Waals surface area contributed by atoms with E-state index in [1.807, 2.05) is 41.5 Å². The number of rotatable bonds is 15. The first-order valence-electron chi connectivity index (χ1n) is 10.8.